The largest absolute Gasteiger partial charge is 0.481 e. The number of carboxylic acid groups (broad SMARTS) is 1. The van der Waals surface area contributed by atoms with E-state index >= 15 is 0 Å². The third-order valence-electron chi connectivity index (χ3n) is 2.65. The van der Waals surface area contributed by atoms with Crippen LogP contribution in [0.1, 0.15) is 17.0 Å². The van der Waals surface area contributed by atoms with Crippen LogP contribution >= 0.6 is 11.6 Å². The predicted molar refractivity (Wildman–Crippen MR) is 67.3 cm³/mol. The van der Waals surface area contributed by atoms with Crippen LogP contribution in [0, 0.1) is 5.82 Å². The topological polar surface area (TPSA) is 37.3 Å². The predicted octanol–water partition coefficient (Wildman–Crippen LogP) is 3.70. The smallest absolute Gasteiger partial charge is 0.315 e. The van der Waals surface area contributed by atoms with E-state index in [1.54, 1.807) is 24.3 Å². The van der Waals surface area contributed by atoms with Gasteiger partial charge in [0.05, 0.1) is 0 Å². The van der Waals surface area contributed by atoms with Gasteiger partial charge in [-0.15, -0.1) is 0 Å². The van der Waals surface area contributed by atoms with Gasteiger partial charge in [0.1, 0.15) is 11.7 Å². The summed E-state index contributed by atoms with van der Waals surface area (Å²) in [4.78, 5) is 11.3. The Morgan fingerprint density at radius 1 is 1.00 bits per heavy atom. The van der Waals surface area contributed by atoms with E-state index in [0.29, 0.717) is 16.1 Å². The number of halogens is 2. The van der Waals surface area contributed by atoms with Gasteiger partial charge in [-0.1, -0.05) is 35.9 Å². The van der Waals surface area contributed by atoms with Gasteiger partial charge in [-0.2, -0.15) is 0 Å². The highest BCUT2D eigenvalue weighted by atomic mass is 35.5. The van der Waals surface area contributed by atoms with E-state index in [9.17, 15) is 14.3 Å². The van der Waals surface area contributed by atoms with Gasteiger partial charge in [0, 0.05) is 5.02 Å². The van der Waals surface area contributed by atoms with Crippen molar-refractivity contribution in [3.8, 4) is 0 Å². The van der Waals surface area contributed by atoms with Crippen molar-refractivity contribution in [1.82, 2.24) is 0 Å². The molecular formula is C14H10ClFO2. The lowest BCUT2D eigenvalue weighted by atomic mass is 9.91. The molecule has 1 N–H and O–H groups in total. The molecule has 4 heteroatoms. The van der Waals surface area contributed by atoms with Crippen LogP contribution < -0.4 is 0 Å². The summed E-state index contributed by atoms with van der Waals surface area (Å²) in [5, 5.41) is 9.84. The molecule has 0 aliphatic heterocycles. The van der Waals surface area contributed by atoms with E-state index < -0.39 is 11.9 Å². The van der Waals surface area contributed by atoms with Crippen molar-refractivity contribution in [3.05, 3.63) is 70.5 Å². The minimum absolute atomic E-state index is 0.390. The van der Waals surface area contributed by atoms with Gasteiger partial charge in [-0.3, -0.25) is 4.79 Å². The van der Waals surface area contributed by atoms with Crippen molar-refractivity contribution >= 4 is 17.6 Å². The van der Waals surface area contributed by atoms with E-state index in [0.717, 1.165) is 0 Å². The van der Waals surface area contributed by atoms with Gasteiger partial charge >= 0.3 is 5.97 Å². The van der Waals surface area contributed by atoms with Crippen LogP contribution in [0.2, 0.25) is 5.02 Å². The van der Waals surface area contributed by atoms with E-state index in [1.807, 2.05) is 0 Å². The summed E-state index contributed by atoms with van der Waals surface area (Å²) >= 11 is 5.77. The fourth-order valence-corrected chi connectivity index (χ4v) is 1.91. The Morgan fingerprint density at radius 2 is 1.44 bits per heavy atom. The maximum absolute atomic E-state index is 12.8. The van der Waals surface area contributed by atoms with Crippen molar-refractivity contribution in [2.45, 2.75) is 5.92 Å². The lowest BCUT2D eigenvalue weighted by molar-refractivity contribution is -0.137. The molecule has 2 aromatic rings. The Morgan fingerprint density at radius 3 is 1.89 bits per heavy atom. The van der Waals surface area contributed by atoms with Crippen LogP contribution in [0.25, 0.3) is 0 Å². The minimum atomic E-state index is -0.982. The normalized spacial score (nSPS) is 12.1. The maximum Gasteiger partial charge on any atom is 0.315 e. The molecule has 0 aliphatic rings. The van der Waals surface area contributed by atoms with Crippen LogP contribution in [0.4, 0.5) is 4.39 Å². The molecule has 0 heterocycles. The van der Waals surface area contributed by atoms with E-state index in [-0.39, 0.29) is 5.82 Å². The maximum atomic E-state index is 12.8. The third-order valence-corrected chi connectivity index (χ3v) is 2.91. The first kappa shape index (κ1) is 12.6. The van der Waals surface area contributed by atoms with Crippen molar-refractivity contribution in [2.75, 3.05) is 0 Å². The summed E-state index contributed by atoms with van der Waals surface area (Å²) < 4.78 is 12.8. The number of carboxylic acids is 1. The molecule has 0 radical (unpaired) electrons. The molecule has 1 unspecified atom stereocenters. The molecule has 0 fully saturated rings. The second-order valence-electron chi connectivity index (χ2n) is 3.87. The minimum Gasteiger partial charge on any atom is -0.481 e. The van der Waals surface area contributed by atoms with Crippen molar-refractivity contribution in [2.24, 2.45) is 0 Å². The Bertz CT molecular complexity index is 504. The van der Waals surface area contributed by atoms with Gasteiger partial charge in [-0.25, -0.2) is 4.39 Å². The van der Waals surface area contributed by atoms with E-state index in [2.05, 4.69) is 0 Å². The van der Waals surface area contributed by atoms with Crippen LogP contribution in [0.3, 0.4) is 0 Å². The Labute approximate surface area is 109 Å². The number of benzene rings is 2. The molecule has 18 heavy (non-hydrogen) atoms. The molecule has 1 atom stereocenters. The van der Waals surface area contributed by atoms with Crippen LogP contribution in [-0.4, -0.2) is 11.1 Å². The second kappa shape index (κ2) is 5.19. The zero-order chi connectivity index (χ0) is 13.1. The molecular weight excluding hydrogens is 255 g/mol. The molecule has 0 saturated carbocycles. The van der Waals surface area contributed by atoms with E-state index in [1.165, 1.54) is 24.3 Å². The first-order valence-corrected chi connectivity index (χ1v) is 5.69. The average Bonchev–Trinajstić information content (AvgIpc) is 2.34. The number of aliphatic carboxylic acids is 1. The summed E-state index contributed by atoms with van der Waals surface area (Å²) in [6.07, 6.45) is 0. The standard InChI is InChI=1S/C14H10ClFO2/c15-11-5-1-9(2-6-11)13(14(17)18)10-3-7-12(16)8-4-10/h1-8,13H,(H,17,18). The van der Waals surface area contributed by atoms with Crippen LogP contribution in [-0.2, 0) is 4.79 Å². The Kier molecular flexibility index (Phi) is 3.63. The van der Waals surface area contributed by atoms with Gasteiger partial charge < -0.3 is 5.11 Å². The lowest BCUT2D eigenvalue weighted by Gasteiger charge is -2.13. The average molecular weight is 265 g/mol. The summed E-state index contributed by atoms with van der Waals surface area (Å²) in [6.45, 7) is 0. The van der Waals surface area contributed by atoms with Gasteiger partial charge in [-0.05, 0) is 35.4 Å². The number of carbonyl (C=O) groups is 1. The number of rotatable bonds is 3. The number of hydrogen-bond acceptors (Lipinski definition) is 1. The molecule has 0 aliphatic carbocycles. The Hall–Kier alpha value is -1.87. The molecule has 2 nitrogen and oxygen atoms in total. The van der Waals surface area contributed by atoms with Gasteiger partial charge in [0.2, 0.25) is 0 Å². The van der Waals surface area contributed by atoms with Crippen molar-refractivity contribution in [3.63, 3.8) is 0 Å². The first-order valence-electron chi connectivity index (χ1n) is 5.31. The summed E-state index contributed by atoms with van der Waals surface area (Å²) in [6, 6.07) is 12.0. The molecule has 2 aromatic carbocycles. The fourth-order valence-electron chi connectivity index (χ4n) is 1.79. The highest BCUT2D eigenvalue weighted by Crippen LogP contribution is 2.26. The molecule has 0 spiro atoms. The zero-order valence-corrected chi connectivity index (χ0v) is 10.1. The van der Waals surface area contributed by atoms with Gasteiger partial charge in [0.15, 0.2) is 0 Å². The van der Waals surface area contributed by atoms with Crippen LogP contribution in [0.5, 0.6) is 0 Å². The third kappa shape index (κ3) is 2.68. The molecule has 0 bridgehead atoms. The molecule has 0 amide bonds. The highest BCUT2D eigenvalue weighted by Gasteiger charge is 2.21. The fraction of sp³-hybridized carbons (Fsp3) is 0.0714. The van der Waals surface area contributed by atoms with E-state index in [4.69, 9.17) is 11.6 Å². The van der Waals surface area contributed by atoms with Crippen molar-refractivity contribution < 1.29 is 14.3 Å². The highest BCUT2D eigenvalue weighted by molar-refractivity contribution is 6.30. The monoisotopic (exact) mass is 264 g/mol. The lowest BCUT2D eigenvalue weighted by Crippen LogP contribution is -2.13. The molecule has 92 valence electrons. The summed E-state index contributed by atoms with van der Waals surface area (Å²) in [7, 11) is 0. The SMILES string of the molecule is O=C(O)C(c1ccc(F)cc1)c1ccc(Cl)cc1. The molecule has 0 saturated heterocycles. The quantitative estimate of drug-likeness (QED) is 0.918. The molecule has 2 rings (SSSR count). The van der Waals surface area contributed by atoms with Gasteiger partial charge in [0.25, 0.3) is 0 Å². The second-order valence-corrected chi connectivity index (χ2v) is 4.31. The van der Waals surface area contributed by atoms with Crippen molar-refractivity contribution in [1.29, 1.82) is 0 Å². The molecule has 0 aromatic heterocycles. The first-order chi connectivity index (χ1) is 8.58. The Balaban J connectivity index is 2.43. The summed E-state index contributed by atoms with van der Waals surface area (Å²) in [5.41, 5.74) is 1.14. The number of hydrogen-bond donors (Lipinski definition) is 1. The summed E-state index contributed by atoms with van der Waals surface area (Å²) in [5.74, 6) is -2.19. The zero-order valence-electron chi connectivity index (χ0n) is 9.31. The van der Waals surface area contributed by atoms with Crippen LogP contribution in [0.15, 0.2) is 48.5 Å².